The molecule has 2 aliphatic rings. The first-order valence-corrected chi connectivity index (χ1v) is 10.3. The van der Waals surface area contributed by atoms with Crippen molar-refractivity contribution < 1.29 is 9.53 Å². The van der Waals surface area contributed by atoms with Crippen molar-refractivity contribution in [2.45, 2.75) is 38.0 Å². The number of aromatic nitrogens is 2. The lowest BCUT2D eigenvalue weighted by atomic mass is 10.1. The van der Waals surface area contributed by atoms with Crippen LogP contribution in [0.1, 0.15) is 19.3 Å². The molecular weight excluding hydrogens is 350 g/mol. The standard InChI is InChI=1S/C19H23N3O3S/c23-18(11-21-13-20-17-6-2-1-5-16(17)19(21)24)22(14-7-9-26-12-14)10-15-4-3-8-25-15/h1-2,5-6,13-15H,3-4,7-12H2/t14-,15+/m0/s1. The molecule has 3 heterocycles. The van der Waals surface area contributed by atoms with Crippen molar-refractivity contribution in [3.63, 3.8) is 0 Å². The lowest BCUT2D eigenvalue weighted by molar-refractivity contribution is -0.135. The molecule has 7 heteroatoms. The van der Waals surface area contributed by atoms with Gasteiger partial charge in [0.15, 0.2) is 0 Å². The molecule has 0 spiro atoms. The number of amides is 1. The fourth-order valence-corrected chi connectivity index (χ4v) is 4.91. The highest BCUT2D eigenvalue weighted by molar-refractivity contribution is 7.99. The molecule has 2 aromatic rings. The zero-order chi connectivity index (χ0) is 17.9. The lowest BCUT2D eigenvalue weighted by Crippen LogP contribution is -2.46. The summed E-state index contributed by atoms with van der Waals surface area (Å²) in [6.07, 6.45) is 4.67. The monoisotopic (exact) mass is 373 g/mol. The van der Waals surface area contributed by atoms with Gasteiger partial charge in [0.25, 0.3) is 5.56 Å². The molecule has 26 heavy (non-hydrogen) atoms. The maximum Gasteiger partial charge on any atom is 0.261 e. The van der Waals surface area contributed by atoms with Crippen molar-refractivity contribution in [3.05, 3.63) is 40.9 Å². The topological polar surface area (TPSA) is 64.4 Å². The molecule has 2 atom stereocenters. The summed E-state index contributed by atoms with van der Waals surface area (Å²) in [6, 6.07) is 7.47. The smallest absolute Gasteiger partial charge is 0.261 e. The van der Waals surface area contributed by atoms with Crippen molar-refractivity contribution in [3.8, 4) is 0 Å². The first-order valence-electron chi connectivity index (χ1n) is 9.15. The number of hydrogen-bond donors (Lipinski definition) is 0. The lowest BCUT2D eigenvalue weighted by Gasteiger charge is -2.31. The quantitative estimate of drug-likeness (QED) is 0.801. The summed E-state index contributed by atoms with van der Waals surface area (Å²) in [6.45, 7) is 1.44. The summed E-state index contributed by atoms with van der Waals surface area (Å²) in [5.74, 6) is 2.02. The summed E-state index contributed by atoms with van der Waals surface area (Å²) >= 11 is 1.88. The van der Waals surface area contributed by atoms with Crippen LogP contribution in [0.4, 0.5) is 0 Å². The van der Waals surface area contributed by atoms with Gasteiger partial charge >= 0.3 is 0 Å². The minimum Gasteiger partial charge on any atom is -0.376 e. The number of ether oxygens (including phenoxy) is 1. The first-order chi connectivity index (χ1) is 12.7. The van der Waals surface area contributed by atoms with Crippen molar-refractivity contribution >= 4 is 28.6 Å². The van der Waals surface area contributed by atoms with Crippen LogP contribution in [0.5, 0.6) is 0 Å². The summed E-state index contributed by atoms with van der Waals surface area (Å²) in [4.78, 5) is 32.0. The predicted octanol–water partition coefficient (Wildman–Crippen LogP) is 1.91. The number of para-hydroxylation sites is 1. The Balaban J connectivity index is 1.55. The second-order valence-electron chi connectivity index (χ2n) is 6.89. The average molecular weight is 373 g/mol. The van der Waals surface area contributed by atoms with E-state index >= 15 is 0 Å². The van der Waals surface area contributed by atoms with E-state index < -0.39 is 0 Å². The minimum atomic E-state index is -0.165. The van der Waals surface area contributed by atoms with Crippen molar-refractivity contribution in [2.24, 2.45) is 0 Å². The highest BCUT2D eigenvalue weighted by Gasteiger charge is 2.30. The number of hydrogen-bond acceptors (Lipinski definition) is 5. The Labute approximate surface area is 156 Å². The maximum atomic E-state index is 13.0. The summed E-state index contributed by atoms with van der Waals surface area (Å²) in [5.41, 5.74) is 0.492. The van der Waals surface area contributed by atoms with E-state index in [0.29, 0.717) is 17.4 Å². The average Bonchev–Trinajstić information content (AvgIpc) is 3.36. The Bertz CT molecular complexity index is 841. The van der Waals surface area contributed by atoms with Crippen LogP contribution >= 0.6 is 11.8 Å². The highest BCUT2D eigenvalue weighted by Crippen LogP contribution is 2.24. The summed E-state index contributed by atoms with van der Waals surface area (Å²) in [5, 5.41) is 0.546. The van der Waals surface area contributed by atoms with Gasteiger partial charge in [-0.15, -0.1) is 0 Å². The minimum absolute atomic E-state index is 0.0211. The normalized spacial score (nSPS) is 22.8. The van der Waals surface area contributed by atoms with Gasteiger partial charge in [-0.05, 0) is 37.1 Å². The van der Waals surface area contributed by atoms with E-state index in [1.165, 1.54) is 10.9 Å². The Morgan fingerprint density at radius 1 is 1.35 bits per heavy atom. The fourth-order valence-electron chi connectivity index (χ4n) is 3.69. The van der Waals surface area contributed by atoms with Gasteiger partial charge in [0.2, 0.25) is 5.91 Å². The van der Waals surface area contributed by atoms with Crippen LogP contribution in [0.25, 0.3) is 10.9 Å². The molecule has 0 bridgehead atoms. The molecule has 1 amide bonds. The molecule has 2 fully saturated rings. The van der Waals surface area contributed by atoms with E-state index in [-0.39, 0.29) is 30.2 Å². The molecule has 1 aromatic carbocycles. The van der Waals surface area contributed by atoms with Crippen LogP contribution in [-0.2, 0) is 16.1 Å². The second kappa shape index (κ2) is 7.80. The number of benzene rings is 1. The molecule has 138 valence electrons. The van der Waals surface area contributed by atoms with E-state index in [9.17, 15) is 9.59 Å². The zero-order valence-corrected chi connectivity index (χ0v) is 15.5. The fraction of sp³-hybridized carbons (Fsp3) is 0.526. The number of nitrogens with zero attached hydrogens (tertiary/aromatic N) is 3. The van der Waals surface area contributed by atoms with Gasteiger partial charge in [0, 0.05) is 24.9 Å². The second-order valence-corrected chi connectivity index (χ2v) is 8.04. The molecule has 2 aliphatic heterocycles. The van der Waals surface area contributed by atoms with Crippen molar-refractivity contribution in [1.29, 1.82) is 0 Å². The van der Waals surface area contributed by atoms with Crippen LogP contribution in [-0.4, -0.2) is 57.2 Å². The Morgan fingerprint density at radius 2 is 2.23 bits per heavy atom. The molecule has 0 unspecified atom stereocenters. The highest BCUT2D eigenvalue weighted by atomic mass is 32.2. The molecule has 0 saturated carbocycles. The van der Waals surface area contributed by atoms with Gasteiger partial charge in [-0.1, -0.05) is 12.1 Å². The van der Waals surface area contributed by atoms with E-state index in [4.69, 9.17) is 4.74 Å². The van der Waals surface area contributed by atoms with Gasteiger partial charge < -0.3 is 9.64 Å². The number of carbonyl (C=O) groups is 1. The van der Waals surface area contributed by atoms with Crippen LogP contribution in [0.2, 0.25) is 0 Å². The molecule has 6 nitrogen and oxygen atoms in total. The maximum absolute atomic E-state index is 13.0. The van der Waals surface area contributed by atoms with Crippen LogP contribution < -0.4 is 5.56 Å². The Morgan fingerprint density at radius 3 is 3.00 bits per heavy atom. The van der Waals surface area contributed by atoms with E-state index in [1.54, 1.807) is 6.07 Å². The van der Waals surface area contributed by atoms with Crippen LogP contribution in [0, 0.1) is 0 Å². The van der Waals surface area contributed by atoms with Crippen LogP contribution in [0.3, 0.4) is 0 Å². The molecule has 0 N–H and O–H groups in total. The number of fused-ring (bicyclic) bond motifs is 1. The van der Waals surface area contributed by atoms with E-state index in [1.807, 2.05) is 34.9 Å². The van der Waals surface area contributed by atoms with Gasteiger partial charge in [-0.3, -0.25) is 14.2 Å². The first kappa shape index (κ1) is 17.5. The molecule has 4 rings (SSSR count). The SMILES string of the molecule is O=C(Cn1cnc2ccccc2c1=O)N(C[C@H]1CCCO1)[C@H]1CCSC1. The zero-order valence-electron chi connectivity index (χ0n) is 14.7. The third-order valence-electron chi connectivity index (χ3n) is 5.13. The van der Waals surface area contributed by atoms with Gasteiger partial charge in [0.05, 0.1) is 23.3 Å². The Hall–Kier alpha value is -1.86. The molecule has 1 aromatic heterocycles. The molecule has 0 radical (unpaired) electrons. The number of thioether (sulfide) groups is 1. The molecular formula is C19H23N3O3S. The Kier molecular flexibility index (Phi) is 5.26. The van der Waals surface area contributed by atoms with Crippen molar-refractivity contribution in [1.82, 2.24) is 14.5 Å². The van der Waals surface area contributed by atoms with Gasteiger partial charge in [0.1, 0.15) is 6.54 Å². The van der Waals surface area contributed by atoms with Gasteiger partial charge in [-0.2, -0.15) is 11.8 Å². The van der Waals surface area contributed by atoms with Crippen LogP contribution in [0.15, 0.2) is 35.4 Å². The third-order valence-corrected chi connectivity index (χ3v) is 6.27. The van der Waals surface area contributed by atoms with E-state index in [0.717, 1.165) is 37.4 Å². The third kappa shape index (κ3) is 3.64. The molecule has 0 aliphatic carbocycles. The molecule has 2 saturated heterocycles. The van der Waals surface area contributed by atoms with Crippen molar-refractivity contribution in [2.75, 3.05) is 24.7 Å². The number of carbonyl (C=O) groups excluding carboxylic acids is 1. The summed E-state index contributed by atoms with van der Waals surface area (Å²) in [7, 11) is 0. The predicted molar refractivity (Wildman–Crippen MR) is 102 cm³/mol. The summed E-state index contributed by atoms with van der Waals surface area (Å²) < 4.78 is 7.17. The largest absolute Gasteiger partial charge is 0.376 e. The van der Waals surface area contributed by atoms with Gasteiger partial charge in [-0.25, -0.2) is 4.98 Å². The number of rotatable bonds is 5. The van der Waals surface area contributed by atoms with E-state index in [2.05, 4.69) is 4.98 Å².